The van der Waals surface area contributed by atoms with E-state index in [9.17, 15) is 18.0 Å². The second-order valence-corrected chi connectivity index (χ2v) is 13.7. The third-order valence-corrected chi connectivity index (χ3v) is 10.3. The molecule has 0 saturated heterocycles. The van der Waals surface area contributed by atoms with Gasteiger partial charge in [-0.25, -0.2) is 4.72 Å². The Labute approximate surface area is 255 Å². The van der Waals surface area contributed by atoms with Gasteiger partial charge in [-0.1, -0.05) is 39.2 Å². The summed E-state index contributed by atoms with van der Waals surface area (Å²) in [5, 5.41) is 1.00. The zero-order valence-electron chi connectivity index (χ0n) is 26.5. The fourth-order valence-corrected chi connectivity index (χ4v) is 7.51. The SMILES string of the molecule is CCN(CC)S(=O)(=O)NC(=O)c1ccc2c(C3CCCCC3)c(-c3ccc(OC)cc3C)n(CC(C)(C)C(=O)OC)c2c1. The van der Waals surface area contributed by atoms with Crippen LogP contribution in [0.15, 0.2) is 36.4 Å². The molecule has 0 aliphatic heterocycles. The van der Waals surface area contributed by atoms with E-state index in [0.717, 1.165) is 59.2 Å². The summed E-state index contributed by atoms with van der Waals surface area (Å²) in [5.41, 5.74) is 4.37. The van der Waals surface area contributed by atoms with Gasteiger partial charge in [0, 0.05) is 41.7 Å². The van der Waals surface area contributed by atoms with Crippen LogP contribution in [0.4, 0.5) is 0 Å². The Bertz CT molecular complexity index is 1600. The van der Waals surface area contributed by atoms with Crippen LogP contribution in [0.3, 0.4) is 0 Å². The molecule has 1 saturated carbocycles. The number of esters is 1. The fraction of sp³-hybridized carbons (Fsp3) is 0.515. The van der Waals surface area contributed by atoms with Crippen molar-refractivity contribution in [2.24, 2.45) is 5.41 Å². The Morgan fingerprint density at radius 2 is 1.70 bits per heavy atom. The molecule has 10 heteroatoms. The smallest absolute Gasteiger partial charge is 0.313 e. The first-order valence-electron chi connectivity index (χ1n) is 15.1. The van der Waals surface area contributed by atoms with Crippen molar-refractivity contribution in [2.45, 2.75) is 79.2 Å². The normalized spacial score (nSPS) is 14.7. The van der Waals surface area contributed by atoms with Crippen LogP contribution in [-0.4, -0.2) is 56.5 Å². The molecule has 1 aliphatic rings. The third-order valence-electron chi connectivity index (χ3n) is 8.63. The number of nitrogens with zero attached hydrogens (tertiary/aromatic N) is 2. The standard InChI is InChI=1S/C33H45N3O6S/c1-8-35(9-2)43(39,40)34-31(37)24-15-17-27-28(20-24)36(21-33(4,5)32(38)42-7)30(29(27)23-13-11-10-12-14-23)26-18-16-25(41-6)19-22(26)3/h15-20,23H,8-14,21H2,1-7H3,(H,34,37). The number of carbonyl (C=O) groups excluding carboxylic acids is 2. The van der Waals surface area contributed by atoms with Gasteiger partial charge in [0.1, 0.15) is 5.75 Å². The zero-order valence-corrected chi connectivity index (χ0v) is 27.3. The first-order chi connectivity index (χ1) is 20.4. The van der Waals surface area contributed by atoms with E-state index in [1.165, 1.54) is 23.4 Å². The Balaban J connectivity index is 2.00. The minimum Gasteiger partial charge on any atom is -0.497 e. The minimum absolute atomic E-state index is 0.228. The number of fused-ring (bicyclic) bond motifs is 1. The van der Waals surface area contributed by atoms with Crippen LogP contribution in [0, 0.1) is 12.3 Å². The van der Waals surface area contributed by atoms with E-state index in [1.54, 1.807) is 33.1 Å². The topological polar surface area (TPSA) is 107 Å². The lowest BCUT2D eigenvalue weighted by Gasteiger charge is -2.27. The van der Waals surface area contributed by atoms with Crippen molar-refractivity contribution in [2.75, 3.05) is 27.3 Å². The van der Waals surface area contributed by atoms with Crippen molar-refractivity contribution < 1.29 is 27.5 Å². The molecule has 0 bridgehead atoms. The second kappa shape index (κ2) is 13.1. The number of ether oxygens (including phenoxy) is 2. The molecule has 9 nitrogen and oxygen atoms in total. The van der Waals surface area contributed by atoms with E-state index in [2.05, 4.69) is 15.4 Å². The molecule has 1 heterocycles. The lowest BCUT2D eigenvalue weighted by atomic mass is 9.81. The molecule has 1 N–H and O–H groups in total. The van der Waals surface area contributed by atoms with Crippen molar-refractivity contribution in [1.82, 2.24) is 13.6 Å². The highest BCUT2D eigenvalue weighted by molar-refractivity contribution is 7.87. The molecule has 1 fully saturated rings. The number of amides is 1. The van der Waals surface area contributed by atoms with Crippen molar-refractivity contribution in [3.63, 3.8) is 0 Å². The molecule has 0 spiro atoms. The van der Waals surface area contributed by atoms with Gasteiger partial charge < -0.3 is 14.0 Å². The molecule has 3 aromatic rings. The summed E-state index contributed by atoms with van der Waals surface area (Å²) >= 11 is 0. The number of methoxy groups -OCH3 is 2. The highest BCUT2D eigenvalue weighted by Crippen LogP contribution is 2.46. The number of aromatic nitrogens is 1. The van der Waals surface area contributed by atoms with Gasteiger partial charge in [0.25, 0.3) is 5.91 Å². The van der Waals surface area contributed by atoms with Gasteiger partial charge in [-0.2, -0.15) is 12.7 Å². The summed E-state index contributed by atoms with van der Waals surface area (Å²) < 4.78 is 42.0. The largest absolute Gasteiger partial charge is 0.497 e. The Kier molecular flexibility index (Phi) is 9.91. The first-order valence-corrected chi connectivity index (χ1v) is 16.5. The zero-order chi connectivity index (χ0) is 31.5. The highest BCUT2D eigenvalue weighted by Gasteiger charge is 2.34. The van der Waals surface area contributed by atoms with Gasteiger partial charge in [-0.05, 0) is 81.0 Å². The molecule has 234 valence electrons. The first kappa shape index (κ1) is 32.5. The van der Waals surface area contributed by atoms with Crippen molar-refractivity contribution >= 4 is 33.0 Å². The highest BCUT2D eigenvalue weighted by atomic mass is 32.2. The van der Waals surface area contributed by atoms with Crippen LogP contribution in [-0.2, 0) is 26.3 Å². The fourth-order valence-electron chi connectivity index (χ4n) is 6.35. The summed E-state index contributed by atoms with van der Waals surface area (Å²) in [6, 6.07) is 11.4. The molecule has 1 amide bonds. The van der Waals surface area contributed by atoms with Crippen molar-refractivity contribution in [3.05, 3.63) is 53.1 Å². The van der Waals surface area contributed by atoms with Crippen molar-refractivity contribution in [3.8, 4) is 17.0 Å². The summed E-state index contributed by atoms with van der Waals surface area (Å²) in [5.74, 6) is 0.0182. The minimum atomic E-state index is -4.00. The molecule has 43 heavy (non-hydrogen) atoms. The number of benzene rings is 2. The van der Waals surface area contributed by atoms with Gasteiger partial charge in [-0.15, -0.1) is 0 Å². The summed E-state index contributed by atoms with van der Waals surface area (Å²) in [6.07, 6.45) is 5.57. The Hall–Kier alpha value is -3.37. The maximum absolute atomic E-state index is 13.4. The number of rotatable bonds is 11. The summed E-state index contributed by atoms with van der Waals surface area (Å²) in [4.78, 5) is 26.3. The van der Waals surface area contributed by atoms with E-state index in [0.29, 0.717) is 12.5 Å². The molecule has 4 rings (SSSR count). The number of carbonyl (C=O) groups is 2. The Morgan fingerprint density at radius 1 is 1.02 bits per heavy atom. The third kappa shape index (κ3) is 6.60. The average molecular weight is 612 g/mol. The molecular formula is C33H45N3O6S. The molecular weight excluding hydrogens is 566 g/mol. The van der Waals surface area contributed by atoms with Crippen LogP contribution < -0.4 is 9.46 Å². The van der Waals surface area contributed by atoms with Crippen molar-refractivity contribution in [1.29, 1.82) is 0 Å². The summed E-state index contributed by atoms with van der Waals surface area (Å²) in [6.45, 7) is 10.00. The van der Waals surface area contributed by atoms with Gasteiger partial charge in [0.2, 0.25) is 0 Å². The van der Waals surface area contributed by atoms with Crippen LogP contribution in [0.1, 0.15) is 87.2 Å². The van der Waals surface area contributed by atoms with E-state index in [4.69, 9.17) is 9.47 Å². The Morgan fingerprint density at radius 3 is 2.28 bits per heavy atom. The lowest BCUT2D eigenvalue weighted by Crippen LogP contribution is -2.43. The number of aryl methyl sites for hydroxylation is 1. The van der Waals surface area contributed by atoms with E-state index in [1.807, 2.05) is 39.0 Å². The monoisotopic (exact) mass is 611 g/mol. The quantitative estimate of drug-likeness (QED) is 0.259. The van der Waals surface area contributed by atoms with E-state index < -0.39 is 21.5 Å². The molecule has 1 aliphatic carbocycles. The van der Waals surface area contributed by atoms with E-state index >= 15 is 0 Å². The van der Waals surface area contributed by atoms with Crippen LogP contribution in [0.2, 0.25) is 0 Å². The van der Waals surface area contributed by atoms with Gasteiger partial charge in [0.05, 0.1) is 25.3 Å². The predicted octanol–water partition coefficient (Wildman–Crippen LogP) is 6.19. The maximum Gasteiger partial charge on any atom is 0.313 e. The average Bonchev–Trinajstić information content (AvgIpc) is 3.29. The maximum atomic E-state index is 13.4. The molecule has 2 aromatic carbocycles. The molecule has 0 unspecified atom stereocenters. The lowest BCUT2D eigenvalue weighted by molar-refractivity contribution is -0.151. The summed E-state index contributed by atoms with van der Waals surface area (Å²) in [7, 11) is -0.967. The number of hydrogen-bond acceptors (Lipinski definition) is 6. The number of hydrogen-bond donors (Lipinski definition) is 1. The molecule has 0 radical (unpaired) electrons. The number of nitrogens with one attached hydrogen (secondary N) is 1. The van der Waals surface area contributed by atoms with Gasteiger partial charge in [-0.3, -0.25) is 9.59 Å². The molecule has 0 atom stereocenters. The van der Waals surface area contributed by atoms with Crippen LogP contribution in [0.5, 0.6) is 5.75 Å². The van der Waals surface area contributed by atoms with Crippen LogP contribution >= 0.6 is 0 Å². The second-order valence-electron chi connectivity index (χ2n) is 12.0. The van der Waals surface area contributed by atoms with Gasteiger partial charge >= 0.3 is 16.2 Å². The van der Waals surface area contributed by atoms with E-state index in [-0.39, 0.29) is 24.6 Å². The predicted molar refractivity (Wildman–Crippen MR) is 170 cm³/mol. The molecule has 1 aromatic heterocycles. The van der Waals surface area contributed by atoms with Crippen LogP contribution in [0.25, 0.3) is 22.2 Å². The van der Waals surface area contributed by atoms with Gasteiger partial charge in [0.15, 0.2) is 0 Å².